The monoisotopic (exact) mass is 294 g/mol. The number of aromatic nitrogens is 2. The van der Waals surface area contributed by atoms with Gasteiger partial charge >= 0.3 is 0 Å². The molecule has 2 rings (SSSR count). The first-order valence-corrected chi connectivity index (χ1v) is 7.09. The summed E-state index contributed by atoms with van der Waals surface area (Å²) in [4.78, 5) is 3.91. The van der Waals surface area contributed by atoms with Crippen molar-refractivity contribution in [1.29, 1.82) is 0 Å². The molecule has 1 aliphatic heterocycles. The summed E-state index contributed by atoms with van der Waals surface area (Å²) in [7, 11) is -1.70. The van der Waals surface area contributed by atoms with E-state index in [0.717, 1.165) is 0 Å². The second-order valence-corrected chi connectivity index (χ2v) is 6.56. The highest BCUT2D eigenvalue weighted by Crippen LogP contribution is 2.21. The van der Waals surface area contributed by atoms with Crippen molar-refractivity contribution < 1.29 is 8.42 Å². The Kier molecular flexibility index (Phi) is 4.77. The topological polar surface area (TPSA) is 81.2 Å². The Labute approximate surface area is 114 Å². The van der Waals surface area contributed by atoms with Crippen molar-refractivity contribution in [1.82, 2.24) is 13.9 Å². The molecule has 0 radical (unpaired) electrons. The summed E-state index contributed by atoms with van der Waals surface area (Å²) in [5.41, 5.74) is 5.89. The van der Waals surface area contributed by atoms with E-state index >= 15 is 0 Å². The van der Waals surface area contributed by atoms with E-state index in [4.69, 9.17) is 5.73 Å². The minimum Gasteiger partial charge on any atom is -0.339 e. The molecule has 0 aromatic carbocycles. The molecular formula is C10H19ClN4O2S. The third-order valence-corrected chi connectivity index (χ3v) is 4.97. The molecule has 1 aliphatic rings. The Morgan fingerprint density at radius 3 is 2.67 bits per heavy atom. The fourth-order valence-electron chi connectivity index (χ4n) is 2.00. The van der Waals surface area contributed by atoms with E-state index < -0.39 is 10.0 Å². The lowest BCUT2D eigenvalue weighted by atomic mass is 9.96. The maximum absolute atomic E-state index is 12.3. The molecule has 0 spiro atoms. The number of hydrogen-bond acceptors (Lipinski definition) is 4. The fourth-order valence-corrected chi connectivity index (χ4v) is 3.52. The number of nitrogens with zero attached hydrogens (tertiary/aromatic N) is 3. The van der Waals surface area contributed by atoms with Gasteiger partial charge in [0, 0.05) is 32.4 Å². The van der Waals surface area contributed by atoms with Gasteiger partial charge in [0.25, 0.3) is 10.0 Å². The molecule has 6 nitrogen and oxygen atoms in total. The second-order valence-electron chi connectivity index (χ2n) is 4.67. The van der Waals surface area contributed by atoms with Crippen LogP contribution >= 0.6 is 12.4 Å². The SMILES string of the molecule is CC1CN(S(=O)(=O)c2cn(C)cn2)CCC1N.Cl. The number of imidazole rings is 1. The first kappa shape index (κ1) is 15.4. The molecule has 104 valence electrons. The minimum atomic E-state index is -3.45. The molecule has 18 heavy (non-hydrogen) atoms. The van der Waals surface area contributed by atoms with Crippen LogP contribution in [0.5, 0.6) is 0 Å². The minimum absolute atomic E-state index is 0. The maximum atomic E-state index is 12.3. The Hall–Kier alpha value is -0.630. The number of nitrogens with two attached hydrogens (primary N) is 1. The van der Waals surface area contributed by atoms with Crippen molar-refractivity contribution in [3.8, 4) is 0 Å². The average molecular weight is 295 g/mol. The summed E-state index contributed by atoms with van der Waals surface area (Å²) in [6.45, 7) is 2.93. The molecule has 2 atom stereocenters. The van der Waals surface area contributed by atoms with Gasteiger partial charge in [0.1, 0.15) is 0 Å². The number of rotatable bonds is 2. The predicted molar refractivity (Wildman–Crippen MR) is 71.0 cm³/mol. The Morgan fingerprint density at radius 2 is 2.17 bits per heavy atom. The lowest BCUT2D eigenvalue weighted by molar-refractivity contribution is 0.249. The lowest BCUT2D eigenvalue weighted by Gasteiger charge is -2.33. The molecule has 1 aromatic rings. The third kappa shape index (κ3) is 2.85. The van der Waals surface area contributed by atoms with Gasteiger partial charge < -0.3 is 10.3 Å². The first-order chi connectivity index (χ1) is 7.91. The smallest absolute Gasteiger partial charge is 0.262 e. The van der Waals surface area contributed by atoms with Crippen LogP contribution in [0, 0.1) is 5.92 Å². The molecule has 0 amide bonds. The van der Waals surface area contributed by atoms with Gasteiger partial charge in [-0.05, 0) is 12.3 Å². The summed E-state index contributed by atoms with van der Waals surface area (Å²) in [6, 6.07) is 0.0881. The maximum Gasteiger partial charge on any atom is 0.262 e. The zero-order valence-electron chi connectivity index (χ0n) is 10.5. The van der Waals surface area contributed by atoms with Gasteiger partial charge in [-0.2, -0.15) is 4.31 Å². The standard InChI is InChI=1S/C10H18N4O2S.ClH/c1-8-5-14(4-3-9(8)11)17(15,16)10-6-13(2)7-12-10;/h6-9H,3-5,11H2,1-2H3;1H. The van der Waals surface area contributed by atoms with Gasteiger partial charge in [0.05, 0.1) is 6.33 Å². The molecule has 1 aromatic heterocycles. The van der Waals surface area contributed by atoms with E-state index in [1.807, 2.05) is 6.92 Å². The van der Waals surface area contributed by atoms with Crippen LogP contribution in [0.25, 0.3) is 0 Å². The summed E-state index contributed by atoms with van der Waals surface area (Å²) in [6.07, 6.45) is 3.72. The van der Waals surface area contributed by atoms with Gasteiger partial charge in [-0.1, -0.05) is 6.92 Å². The van der Waals surface area contributed by atoms with Crippen LogP contribution in [0.2, 0.25) is 0 Å². The quantitative estimate of drug-likeness (QED) is 0.845. The second kappa shape index (κ2) is 5.56. The molecule has 8 heteroatoms. The van der Waals surface area contributed by atoms with E-state index in [-0.39, 0.29) is 29.4 Å². The van der Waals surface area contributed by atoms with Crippen LogP contribution in [-0.4, -0.2) is 41.4 Å². The van der Waals surface area contributed by atoms with E-state index in [0.29, 0.717) is 19.5 Å². The van der Waals surface area contributed by atoms with Crippen molar-refractivity contribution in [2.45, 2.75) is 24.4 Å². The Morgan fingerprint density at radius 1 is 1.50 bits per heavy atom. The third-order valence-electron chi connectivity index (χ3n) is 3.22. The molecule has 0 bridgehead atoms. The van der Waals surface area contributed by atoms with Crippen molar-refractivity contribution >= 4 is 22.4 Å². The summed E-state index contributed by atoms with van der Waals surface area (Å²) < 4.78 is 27.6. The molecule has 2 heterocycles. The van der Waals surface area contributed by atoms with Crippen molar-refractivity contribution in [2.75, 3.05) is 13.1 Å². The molecule has 0 aliphatic carbocycles. The fraction of sp³-hybridized carbons (Fsp3) is 0.700. The molecule has 1 fully saturated rings. The van der Waals surface area contributed by atoms with E-state index in [1.54, 1.807) is 11.6 Å². The van der Waals surface area contributed by atoms with Gasteiger partial charge in [-0.3, -0.25) is 0 Å². The molecular weight excluding hydrogens is 276 g/mol. The van der Waals surface area contributed by atoms with Crippen molar-refractivity contribution in [3.63, 3.8) is 0 Å². The molecule has 2 unspecified atom stereocenters. The van der Waals surface area contributed by atoms with Crippen molar-refractivity contribution in [3.05, 3.63) is 12.5 Å². The van der Waals surface area contributed by atoms with Crippen LogP contribution in [0.15, 0.2) is 17.6 Å². The van der Waals surface area contributed by atoms with Gasteiger partial charge in [0.2, 0.25) is 0 Å². The number of halogens is 1. The van der Waals surface area contributed by atoms with Crippen LogP contribution in [0.1, 0.15) is 13.3 Å². The van der Waals surface area contributed by atoms with E-state index in [1.165, 1.54) is 16.8 Å². The van der Waals surface area contributed by atoms with E-state index in [2.05, 4.69) is 4.98 Å². The predicted octanol–water partition coefficient (Wildman–Crippen LogP) is 0.200. The van der Waals surface area contributed by atoms with Crippen LogP contribution in [-0.2, 0) is 17.1 Å². The number of hydrogen-bond donors (Lipinski definition) is 1. The van der Waals surface area contributed by atoms with Gasteiger partial charge in [-0.25, -0.2) is 13.4 Å². The first-order valence-electron chi connectivity index (χ1n) is 5.65. The lowest BCUT2D eigenvalue weighted by Crippen LogP contribution is -2.48. The normalized spacial score (nSPS) is 25.7. The largest absolute Gasteiger partial charge is 0.339 e. The van der Waals surface area contributed by atoms with Crippen LogP contribution in [0.4, 0.5) is 0 Å². The molecule has 2 N–H and O–H groups in total. The van der Waals surface area contributed by atoms with Gasteiger partial charge in [-0.15, -0.1) is 12.4 Å². The van der Waals surface area contributed by atoms with Gasteiger partial charge in [0.15, 0.2) is 5.03 Å². The number of sulfonamides is 1. The number of piperidine rings is 1. The highest BCUT2D eigenvalue weighted by atomic mass is 35.5. The van der Waals surface area contributed by atoms with Crippen molar-refractivity contribution in [2.24, 2.45) is 18.7 Å². The highest BCUT2D eigenvalue weighted by molar-refractivity contribution is 7.89. The van der Waals surface area contributed by atoms with E-state index in [9.17, 15) is 8.42 Å². The number of aryl methyl sites for hydroxylation is 1. The molecule has 1 saturated heterocycles. The average Bonchev–Trinajstić information content (AvgIpc) is 2.69. The van der Waals surface area contributed by atoms with Crippen LogP contribution < -0.4 is 5.73 Å². The summed E-state index contributed by atoms with van der Waals surface area (Å²) in [5.74, 6) is 0.183. The Bertz CT molecular complexity index is 502. The zero-order chi connectivity index (χ0) is 12.6. The zero-order valence-corrected chi connectivity index (χ0v) is 12.1. The Balaban J connectivity index is 0.00000162. The molecule has 0 saturated carbocycles. The summed E-state index contributed by atoms with van der Waals surface area (Å²) in [5, 5.41) is 0.114. The van der Waals surface area contributed by atoms with Crippen LogP contribution in [0.3, 0.4) is 0 Å². The highest BCUT2D eigenvalue weighted by Gasteiger charge is 2.33. The summed E-state index contributed by atoms with van der Waals surface area (Å²) >= 11 is 0.